The Hall–Kier alpha value is -0.610. The molecule has 1 aliphatic carbocycles. The Morgan fingerprint density at radius 2 is 2.00 bits per heavy atom. The molecule has 1 saturated carbocycles. The molecule has 4 heteroatoms. The number of likely N-dealkylation sites (N-methyl/N-ethyl adjacent to an activating group) is 1. The van der Waals surface area contributed by atoms with Gasteiger partial charge in [-0.2, -0.15) is 0 Å². The molecule has 1 rings (SSSR count). The maximum Gasteiger partial charge on any atom is 0.248 e. The van der Waals surface area contributed by atoms with Crippen molar-refractivity contribution >= 4 is 5.91 Å². The fraction of sp³-hybridized carbons (Fsp3) is 0.917. The van der Waals surface area contributed by atoms with E-state index in [1.807, 2.05) is 11.9 Å². The van der Waals surface area contributed by atoms with Crippen LogP contribution in [0.15, 0.2) is 0 Å². The Labute approximate surface area is 98.3 Å². The maximum absolute atomic E-state index is 11.6. The van der Waals surface area contributed by atoms with Crippen molar-refractivity contribution in [3.05, 3.63) is 0 Å². The third kappa shape index (κ3) is 3.76. The van der Waals surface area contributed by atoms with Gasteiger partial charge in [0.25, 0.3) is 0 Å². The van der Waals surface area contributed by atoms with Gasteiger partial charge in [-0.1, -0.05) is 6.92 Å². The van der Waals surface area contributed by atoms with Gasteiger partial charge >= 0.3 is 0 Å². The summed E-state index contributed by atoms with van der Waals surface area (Å²) in [5.41, 5.74) is 0. The Morgan fingerprint density at radius 1 is 1.38 bits per heavy atom. The zero-order valence-electron chi connectivity index (χ0n) is 10.7. The van der Waals surface area contributed by atoms with Crippen LogP contribution >= 0.6 is 0 Å². The first-order chi connectivity index (χ1) is 7.69. The van der Waals surface area contributed by atoms with Crippen molar-refractivity contribution in [2.75, 3.05) is 27.3 Å². The molecule has 0 atom stereocenters. The molecule has 0 aromatic rings. The van der Waals surface area contributed by atoms with E-state index < -0.39 is 0 Å². The molecular formula is C12H24N2O2. The van der Waals surface area contributed by atoms with Crippen molar-refractivity contribution in [2.24, 2.45) is 0 Å². The fourth-order valence-corrected chi connectivity index (χ4v) is 2.38. The van der Waals surface area contributed by atoms with Crippen molar-refractivity contribution in [1.29, 1.82) is 0 Å². The molecule has 4 nitrogen and oxygen atoms in total. The largest absolute Gasteiger partial charge is 0.375 e. The van der Waals surface area contributed by atoms with E-state index in [1.54, 1.807) is 7.11 Å². The molecule has 0 heterocycles. The SMILES string of the molecule is CCNC1CCC(N(C)C(=O)COC)CC1. The summed E-state index contributed by atoms with van der Waals surface area (Å²) >= 11 is 0. The van der Waals surface area contributed by atoms with Crippen LogP contribution in [0.4, 0.5) is 0 Å². The average molecular weight is 228 g/mol. The van der Waals surface area contributed by atoms with Crippen LogP contribution in [0.3, 0.4) is 0 Å². The standard InChI is InChI=1S/C12H24N2O2/c1-4-13-10-5-7-11(8-6-10)14(2)12(15)9-16-3/h10-11,13H,4-9H2,1-3H3. The van der Waals surface area contributed by atoms with Crippen LogP contribution < -0.4 is 5.32 Å². The van der Waals surface area contributed by atoms with E-state index in [1.165, 1.54) is 12.8 Å². The first kappa shape index (κ1) is 13.5. The molecule has 94 valence electrons. The number of hydrogen-bond donors (Lipinski definition) is 1. The highest BCUT2D eigenvalue weighted by atomic mass is 16.5. The number of ether oxygens (including phenoxy) is 1. The summed E-state index contributed by atoms with van der Waals surface area (Å²) in [6.45, 7) is 3.37. The van der Waals surface area contributed by atoms with Crippen LogP contribution in [0.1, 0.15) is 32.6 Å². The van der Waals surface area contributed by atoms with Gasteiger partial charge in [0.15, 0.2) is 0 Å². The van der Waals surface area contributed by atoms with E-state index in [9.17, 15) is 4.79 Å². The molecule has 0 saturated heterocycles. The minimum Gasteiger partial charge on any atom is -0.375 e. The third-order valence-corrected chi connectivity index (χ3v) is 3.40. The Morgan fingerprint density at radius 3 is 2.50 bits per heavy atom. The molecule has 0 aromatic heterocycles. The first-order valence-corrected chi connectivity index (χ1v) is 6.17. The number of hydrogen-bond acceptors (Lipinski definition) is 3. The van der Waals surface area contributed by atoms with Crippen molar-refractivity contribution in [3.63, 3.8) is 0 Å². The van der Waals surface area contributed by atoms with Gasteiger partial charge in [0.2, 0.25) is 5.91 Å². The van der Waals surface area contributed by atoms with Gasteiger partial charge in [-0.15, -0.1) is 0 Å². The van der Waals surface area contributed by atoms with E-state index in [0.29, 0.717) is 12.1 Å². The van der Waals surface area contributed by atoms with Crippen LogP contribution in [0.2, 0.25) is 0 Å². The van der Waals surface area contributed by atoms with Crippen LogP contribution in [0.5, 0.6) is 0 Å². The number of nitrogens with zero attached hydrogens (tertiary/aromatic N) is 1. The van der Waals surface area contributed by atoms with Crippen molar-refractivity contribution < 1.29 is 9.53 Å². The van der Waals surface area contributed by atoms with Crippen LogP contribution in [-0.2, 0) is 9.53 Å². The number of carbonyl (C=O) groups is 1. The van der Waals surface area contributed by atoms with E-state index in [-0.39, 0.29) is 12.5 Å². The fourth-order valence-electron chi connectivity index (χ4n) is 2.38. The predicted octanol–water partition coefficient (Wildman–Crippen LogP) is 1.01. The van der Waals surface area contributed by atoms with Gasteiger partial charge in [-0.25, -0.2) is 0 Å². The number of carbonyl (C=O) groups excluding carboxylic acids is 1. The van der Waals surface area contributed by atoms with Crippen molar-refractivity contribution in [1.82, 2.24) is 10.2 Å². The lowest BCUT2D eigenvalue weighted by molar-refractivity contribution is -0.136. The molecule has 0 bridgehead atoms. The zero-order valence-corrected chi connectivity index (χ0v) is 10.7. The molecule has 0 aromatic carbocycles. The molecule has 0 aliphatic heterocycles. The molecule has 1 fully saturated rings. The Kier molecular flexibility index (Phi) is 5.77. The number of methoxy groups -OCH3 is 1. The average Bonchev–Trinajstić information content (AvgIpc) is 2.30. The lowest BCUT2D eigenvalue weighted by Gasteiger charge is -2.34. The minimum atomic E-state index is 0.0920. The topological polar surface area (TPSA) is 41.6 Å². The third-order valence-electron chi connectivity index (χ3n) is 3.40. The molecule has 1 amide bonds. The quantitative estimate of drug-likeness (QED) is 0.763. The second kappa shape index (κ2) is 6.86. The number of rotatable bonds is 5. The number of nitrogens with one attached hydrogen (secondary N) is 1. The van der Waals surface area contributed by atoms with E-state index in [4.69, 9.17) is 4.74 Å². The molecule has 1 N–H and O–H groups in total. The predicted molar refractivity (Wildman–Crippen MR) is 64.4 cm³/mol. The lowest BCUT2D eigenvalue weighted by atomic mass is 9.90. The summed E-state index contributed by atoms with van der Waals surface area (Å²) < 4.78 is 4.87. The smallest absolute Gasteiger partial charge is 0.248 e. The molecule has 0 spiro atoms. The van der Waals surface area contributed by atoms with Crippen LogP contribution in [0, 0.1) is 0 Å². The summed E-state index contributed by atoms with van der Waals surface area (Å²) in [6, 6.07) is 1.05. The van der Waals surface area contributed by atoms with E-state index in [2.05, 4.69) is 12.2 Å². The molecule has 1 aliphatic rings. The monoisotopic (exact) mass is 228 g/mol. The van der Waals surface area contributed by atoms with Crippen molar-refractivity contribution in [2.45, 2.75) is 44.7 Å². The maximum atomic E-state index is 11.6. The molecule has 0 radical (unpaired) electrons. The van der Waals surface area contributed by atoms with Gasteiger partial charge in [0.05, 0.1) is 0 Å². The van der Waals surface area contributed by atoms with Crippen LogP contribution in [0.25, 0.3) is 0 Å². The van der Waals surface area contributed by atoms with E-state index in [0.717, 1.165) is 19.4 Å². The summed E-state index contributed by atoms with van der Waals surface area (Å²) in [7, 11) is 3.45. The molecule has 0 unspecified atom stereocenters. The lowest BCUT2D eigenvalue weighted by Crippen LogP contribution is -2.44. The van der Waals surface area contributed by atoms with Crippen molar-refractivity contribution in [3.8, 4) is 0 Å². The van der Waals surface area contributed by atoms with Gasteiger partial charge in [-0.3, -0.25) is 4.79 Å². The summed E-state index contributed by atoms with van der Waals surface area (Å²) in [5.74, 6) is 0.0920. The Balaban J connectivity index is 2.32. The highest BCUT2D eigenvalue weighted by Crippen LogP contribution is 2.22. The molecule has 16 heavy (non-hydrogen) atoms. The van der Waals surface area contributed by atoms with Gasteiger partial charge < -0.3 is 15.0 Å². The minimum absolute atomic E-state index is 0.0920. The highest BCUT2D eigenvalue weighted by molar-refractivity contribution is 5.77. The normalized spacial score (nSPS) is 25.4. The van der Waals surface area contributed by atoms with Crippen LogP contribution in [-0.4, -0.2) is 50.2 Å². The second-order valence-corrected chi connectivity index (χ2v) is 4.50. The Bertz CT molecular complexity index is 213. The second-order valence-electron chi connectivity index (χ2n) is 4.50. The van der Waals surface area contributed by atoms with Gasteiger partial charge in [0.1, 0.15) is 6.61 Å². The number of amides is 1. The zero-order chi connectivity index (χ0) is 12.0. The first-order valence-electron chi connectivity index (χ1n) is 6.17. The highest BCUT2D eigenvalue weighted by Gasteiger charge is 2.25. The summed E-state index contributed by atoms with van der Waals surface area (Å²) in [5, 5.41) is 3.47. The summed E-state index contributed by atoms with van der Waals surface area (Å²) in [6.07, 6.45) is 4.54. The van der Waals surface area contributed by atoms with Gasteiger partial charge in [0, 0.05) is 26.2 Å². The van der Waals surface area contributed by atoms with E-state index >= 15 is 0 Å². The van der Waals surface area contributed by atoms with Gasteiger partial charge in [-0.05, 0) is 32.2 Å². The summed E-state index contributed by atoms with van der Waals surface area (Å²) in [4.78, 5) is 13.5. The molecular weight excluding hydrogens is 204 g/mol.